The van der Waals surface area contributed by atoms with Crippen LogP contribution in [0.2, 0.25) is 0 Å². The molecule has 0 aromatic heterocycles. The van der Waals surface area contributed by atoms with Crippen molar-refractivity contribution in [1.29, 1.82) is 0 Å². The lowest BCUT2D eigenvalue weighted by Crippen LogP contribution is -2.41. The molecule has 1 unspecified atom stereocenters. The Hall–Kier alpha value is -1.10. The fourth-order valence-electron chi connectivity index (χ4n) is 2.35. The molecule has 1 amide bonds. The van der Waals surface area contributed by atoms with Crippen molar-refractivity contribution < 1.29 is 14.3 Å². The zero-order chi connectivity index (χ0) is 15.2. The summed E-state index contributed by atoms with van der Waals surface area (Å²) in [5.74, 6) is -0.401. The average molecular weight is 284 g/mol. The minimum atomic E-state index is -0.489. The van der Waals surface area contributed by atoms with Gasteiger partial charge in [-0.3, -0.25) is 9.59 Å². The van der Waals surface area contributed by atoms with Gasteiger partial charge in [-0.2, -0.15) is 0 Å². The molecule has 1 fully saturated rings. The predicted octanol–water partition coefficient (Wildman–Crippen LogP) is 1.71. The van der Waals surface area contributed by atoms with Crippen LogP contribution in [0, 0.1) is 0 Å². The number of nitrogens with zero attached hydrogens (tertiary/aromatic N) is 1. The lowest BCUT2D eigenvalue weighted by atomic mass is 10.2. The van der Waals surface area contributed by atoms with Crippen molar-refractivity contribution in [3.05, 3.63) is 0 Å². The van der Waals surface area contributed by atoms with Crippen molar-refractivity contribution in [2.75, 3.05) is 19.6 Å². The van der Waals surface area contributed by atoms with E-state index < -0.39 is 5.60 Å². The van der Waals surface area contributed by atoms with E-state index in [1.54, 1.807) is 0 Å². The average Bonchev–Trinajstić information content (AvgIpc) is 2.76. The molecule has 1 N–H and O–H groups in total. The van der Waals surface area contributed by atoms with Gasteiger partial charge in [0.05, 0.1) is 6.42 Å². The van der Waals surface area contributed by atoms with Crippen LogP contribution >= 0.6 is 0 Å². The Bertz CT molecular complexity index is 331. The Kier molecular flexibility index (Phi) is 6.46. The third-order valence-corrected chi connectivity index (χ3v) is 3.11. The maximum atomic E-state index is 11.8. The van der Waals surface area contributed by atoms with Gasteiger partial charge in [0.25, 0.3) is 0 Å². The van der Waals surface area contributed by atoms with Gasteiger partial charge < -0.3 is 15.0 Å². The Morgan fingerprint density at radius 2 is 1.80 bits per heavy atom. The second kappa shape index (κ2) is 7.62. The van der Waals surface area contributed by atoms with Crippen LogP contribution in [0.25, 0.3) is 0 Å². The zero-order valence-electron chi connectivity index (χ0n) is 13.2. The first-order valence-electron chi connectivity index (χ1n) is 7.50. The van der Waals surface area contributed by atoms with Crippen LogP contribution < -0.4 is 5.32 Å². The lowest BCUT2D eigenvalue weighted by Gasteiger charge is -2.21. The predicted molar refractivity (Wildman–Crippen MR) is 78.4 cm³/mol. The standard InChI is InChI=1S/C15H28N2O3/c1-12(11-17-9-5-6-10-17)16-13(18)7-8-14(19)20-15(2,3)4/h12H,5-11H2,1-4H3,(H,16,18). The Balaban J connectivity index is 2.17. The summed E-state index contributed by atoms with van der Waals surface area (Å²) in [5.41, 5.74) is -0.489. The molecule has 0 aliphatic carbocycles. The van der Waals surface area contributed by atoms with E-state index in [1.165, 1.54) is 12.8 Å². The van der Waals surface area contributed by atoms with Gasteiger partial charge >= 0.3 is 5.97 Å². The summed E-state index contributed by atoms with van der Waals surface area (Å²) in [6.07, 6.45) is 2.83. The van der Waals surface area contributed by atoms with Crippen LogP contribution in [0.4, 0.5) is 0 Å². The van der Waals surface area contributed by atoms with Gasteiger partial charge in [0, 0.05) is 19.0 Å². The molecule has 1 saturated heterocycles. The molecule has 5 nitrogen and oxygen atoms in total. The van der Waals surface area contributed by atoms with Gasteiger partial charge in [-0.05, 0) is 53.6 Å². The second-order valence-corrected chi connectivity index (χ2v) is 6.56. The number of carbonyl (C=O) groups excluding carboxylic acids is 2. The highest BCUT2D eigenvalue weighted by Crippen LogP contribution is 2.10. The molecule has 1 rings (SSSR count). The first-order chi connectivity index (χ1) is 9.26. The third kappa shape index (κ3) is 7.48. The van der Waals surface area contributed by atoms with E-state index in [2.05, 4.69) is 10.2 Å². The highest BCUT2D eigenvalue weighted by atomic mass is 16.6. The molecule has 0 radical (unpaired) electrons. The number of amides is 1. The number of nitrogens with one attached hydrogen (secondary N) is 1. The number of rotatable bonds is 6. The fraction of sp³-hybridized carbons (Fsp3) is 0.867. The molecule has 20 heavy (non-hydrogen) atoms. The fourth-order valence-corrected chi connectivity index (χ4v) is 2.35. The van der Waals surface area contributed by atoms with E-state index in [4.69, 9.17) is 4.74 Å². The number of hydrogen-bond acceptors (Lipinski definition) is 4. The monoisotopic (exact) mass is 284 g/mol. The van der Waals surface area contributed by atoms with Gasteiger partial charge in [0.1, 0.15) is 5.60 Å². The molecule has 116 valence electrons. The van der Waals surface area contributed by atoms with E-state index in [-0.39, 0.29) is 30.8 Å². The van der Waals surface area contributed by atoms with Crippen molar-refractivity contribution in [3.8, 4) is 0 Å². The van der Waals surface area contributed by atoms with Gasteiger partial charge in [0.15, 0.2) is 0 Å². The SMILES string of the molecule is CC(CN1CCCC1)NC(=O)CCC(=O)OC(C)(C)C. The molecule has 1 aliphatic rings. The van der Waals surface area contributed by atoms with E-state index in [0.29, 0.717) is 0 Å². The van der Waals surface area contributed by atoms with Gasteiger partial charge in [0.2, 0.25) is 5.91 Å². The minimum Gasteiger partial charge on any atom is -0.460 e. The minimum absolute atomic E-state index is 0.0810. The molecular weight excluding hydrogens is 256 g/mol. The number of carbonyl (C=O) groups is 2. The number of ether oxygens (including phenoxy) is 1. The topological polar surface area (TPSA) is 58.6 Å². The van der Waals surface area contributed by atoms with Crippen molar-refractivity contribution >= 4 is 11.9 Å². The van der Waals surface area contributed by atoms with Gasteiger partial charge in [-0.1, -0.05) is 0 Å². The normalized spacial score (nSPS) is 17.8. The highest BCUT2D eigenvalue weighted by molar-refractivity contribution is 5.81. The summed E-state index contributed by atoms with van der Waals surface area (Å²) in [4.78, 5) is 25.6. The molecule has 0 saturated carbocycles. The molecule has 1 heterocycles. The van der Waals surface area contributed by atoms with E-state index in [0.717, 1.165) is 19.6 Å². The molecule has 1 atom stereocenters. The second-order valence-electron chi connectivity index (χ2n) is 6.56. The summed E-state index contributed by atoms with van der Waals surface area (Å²) in [7, 11) is 0. The van der Waals surface area contributed by atoms with Gasteiger partial charge in [-0.25, -0.2) is 0 Å². The van der Waals surface area contributed by atoms with E-state index in [1.807, 2.05) is 27.7 Å². The number of hydrogen-bond donors (Lipinski definition) is 1. The van der Waals surface area contributed by atoms with Crippen molar-refractivity contribution in [2.24, 2.45) is 0 Å². The molecule has 0 bridgehead atoms. The van der Waals surface area contributed by atoms with Crippen LogP contribution in [0.5, 0.6) is 0 Å². The Morgan fingerprint density at radius 1 is 1.20 bits per heavy atom. The maximum Gasteiger partial charge on any atom is 0.306 e. The molecule has 0 spiro atoms. The number of esters is 1. The van der Waals surface area contributed by atoms with E-state index in [9.17, 15) is 9.59 Å². The Labute approximate surface area is 122 Å². The Morgan fingerprint density at radius 3 is 2.35 bits per heavy atom. The molecule has 0 aromatic rings. The van der Waals surface area contributed by atoms with Crippen LogP contribution in [-0.2, 0) is 14.3 Å². The van der Waals surface area contributed by atoms with Crippen LogP contribution in [0.15, 0.2) is 0 Å². The van der Waals surface area contributed by atoms with Crippen LogP contribution in [-0.4, -0.2) is 48.1 Å². The highest BCUT2D eigenvalue weighted by Gasteiger charge is 2.19. The van der Waals surface area contributed by atoms with Gasteiger partial charge in [-0.15, -0.1) is 0 Å². The number of likely N-dealkylation sites (tertiary alicyclic amines) is 1. The summed E-state index contributed by atoms with van der Waals surface area (Å²) in [6.45, 7) is 10.6. The first kappa shape index (κ1) is 17.0. The zero-order valence-corrected chi connectivity index (χ0v) is 13.2. The molecule has 5 heteroatoms. The molecule has 0 aromatic carbocycles. The van der Waals surface area contributed by atoms with Crippen molar-refractivity contribution in [3.63, 3.8) is 0 Å². The smallest absolute Gasteiger partial charge is 0.306 e. The summed E-state index contributed by atoms with van der Waals surface area (Å²) < 4.78 is 5.17. The van der Waals surface area contributed by atoms with Crippen molar-refractivity contribution in [1.82, 2.24) is 10.2 Å². The van der Waals surface area contributed by atoms with Crippen molar-refractivity contribution in [2.45, 2.75) is 65.0 Å². The maximum absolute atomic E-state index is 11.8. The van der Waals surface area contributed by atoms with E-state index >= 15 is 0 Å². The lowest BCUT2D eigenvalue weighted by molar-refractivity contribution is -0.155. The largest absolute Gasteiger partial charge is 0.460 e. The van der Waals surface area contributed by atoms with Crippen LogP contribution in [0.3, 0.4) is 0 Å². The molecular formula is C15H28N2O3. The van der Waals surface area contributed by atoms with Crippen LogP contribution in [0.1, 0.15) is 53.4 Å². The molecule has 1 aliphatic heterocycles. The first-order valence-corrected chi connectivity index (χ1v) is 7.50. The summed E-state index contributed by atoms with van der Waals surface area (Å²) in [5, 5.41) is 2.94. The third-order valence-electron chi connectivity index (χ3n) is 3.11. The summed E-state index contributed by atoms with van der Waals surface area (Å²) in [6, 6.07) is 0.124. The quantitative estimate of drug-likeness (QED) is 0.754. The summed E-state index contributed by atoms with van der Waals surface area (Å²) >= 11 is 0.